The number of hydrogen-bond donors (Lipinski definition) is 0. The van der Waals surface area contributed by atoms with Gasteiger partial charge in [0.1, 0.15) is 17.1 Å². The van der Waals surface area contributed by atoms with Crippen molar-refractivity contribution in [2.45, 2.75) is 58.3 Å². The monoisotopic (exact) mass is 398 g/mol. The molecule has 0 saturated carbocycles. The van der Waals surface area contributed by atoms with E-state index >= 15 is 0 Å². The molecule has 0 fully saturated rings. The summed E-state index contributed by atoms with van der Waals surface area (Å²) in [6, 6.07) is 4.56. The molecule has 0 aliphatic carbocycles. The van der Waals surface area contributed by atoms with Gasteiger partial charge in [-0.05, 0) is 24.6 Å². The van der Waals surface area contributed by atoms with Gasteiger partial charge >= 0.3 is 12.1 Å². The maximum absolute atomic E-state index is 12.0. The highest BCUT2D eigenvalue weighted by Crippen LogP contribution is 2.24. The molecule has 0 aliphatic heterocycles. The zero-order chi connectivity index (χ0) is 20.6. The maximum Gasteiger partial charge on any atom is 0.543 e. The second-order valence-electron chi connectivity index (χ2n) is 6.16. The van der Waals surface area contributed by atoms with Crippen molar-refractivity contribution in [3.05, 3.63) is 23.8 Å². The van der Waals surface area contributed by atoms with E-state index in [2.05, 4.69) is 21.7 Å². The quantitative estimate of drug-likeness (QED) is 0.187. The Morgan fingerprint density at radius 2 is 1.54 bits per heavy atom. The third-order valence-electron chi connectivity index (χ3n) is 4.06. The number of rotatable bonds is 14. The summed E-state index contributed by atoms with van der Waals surface area (Å²) >= 11 is 0. The molecule has 8 nitrogen and oxygen atoms in total. The first-order valence-corrected chi connectivity index (χ1v) is 9.56. The van der Waals surface area contributed by atoms with Crippen molar-refractivity contribution in [2.24, 2.45) is 0 Å². The van der Waals surface area contributed by atoms with Gasteiger partial charge < -0.3 is 14.2 Å². The molecule has 0 unspecified atom stereocenters. The molecule has 28 heavy (non-hydrogen) atoms. The molecule has 0 atom stereocenters. The van der Waals surface area contributed by atoms with Crippen molar-refractivity contribution in [1.29, 1.82) is 0 Å². The van der Waals surface area contributed by atoms with Gasteiger partial charge in [0.05, 0.1) is 25.9 Å². The first kappa shape index (κ1) is 23.6. The molecule has 0 saturated heterocycles. The molecule has 1 aromatic carbocycles. The van der Waals surface area contributed by atoms with Gasteiger partial charge in [-0.1, -0.05) is 51.9 Å². The van der Waals surface area contributed by atoms with Crippen molar-refractivity contribution < 1.29 is 38.6 Å². The van der Waals surface area contributed by atoms with Crippen molar-refractivity contribution in [1.82, 2.24) is 0 Å². The number of carbonyl (C=O) groups excluding carboxylic acids is 2. The standard InChI is InChI=1S/C20H30O8/c1-4-5-6-7-8-9-10-11-14-25-20(22)27-28-26-19(21)17-15-16(23-2)12-13-18(17)24-3/h12-13,15H,4-11,14H2,1-3H3. The molecule has 0 radical (unpaired) electrons. The second-order valence-corrected chi connectivity index (χ2v) is 6.16. The lowest BCUT2D eigenvalue weighted by atomic mass is 10.1. The van der Waals surface area contributed by atoms with Crippen LogP contribution in [-0.2, 0) is 19.6 Å². The predicted octanol–water partition coefficient (Wildman–Crippen LogP) is 5.00. The number of ether oxygens (including phenoxy) is 3. The van der Waals surface area contributed by atoms with E-state index in [1.54, 1.807) is 6.07 Å². The van der Waals surface area contributed by atoms with Gasteiger partial charge in [-0.3, -0.25) is 4.89 Å². The van der Waals surface area contributed by atoms with Crippen LogP contribution in [0.1, 0.15) is 68.6 Å². The number of hydrogen-bond acceptors (Lipinski definition) is 8. The first-order chi connectivity index (χ1) is 13.6. The Balaban J connectivity index is 2.17. The van der Waals surface area contributed by atoms with Crippen LogP contribution in [0, 0.1) is 0 Å². The van der Waals surface area contributed by atoms with Crippen LogP contribution in [0.25, 0.3) is 0 Å². The van der Waals surface area contributed by atoms with Crippen LogP contribution in [0.5, 0.6) is 11.5 Å². The van der Waals surface area contributed by atoms with Gasteiger partial charge in [0, 0.05) is 0 Å². The van der Waals surface area contributed by atoms with Crippen LogP contribution in [0.3, 0.4) is 0 Å². The molecule has 158 valence electrons. The molecule has 1 rings (SSSR count). The Hall–Kier alpha value is -2.48. The molecule has 1 aromatic rings. The highest BCUT2D eigenvalue weighted by molar-refractivity contribution is 5.92. The Kier molecular flexibility index (Phi) is 12.3. The Morgan fingerprint density at radius 3 is 2.18 bits per heavy atom. The third kappa shape index (κ3) is 9.45. The average Bonchev–Trinajstić information content (AvgIpc) is 2.71. The molecule has 0 heterocycles. The molecule has 0 N–H and O–H groups in total. The molecule has 0 bridgehead atoms. The van der Waals surface area contributed by atoms with Gasteiger partial charge in [0.2, 0.25) is 0 Å². The summed E-state index contributed by atoms with van der Waals surface area (Å²) in [5, 5.41) is 4.20. The van der Waals surface area contributed by atoms with Gasteiger partial charge in [-0.25, -0.2) is 14.5 Å². The van der Waals surface area contributed by atoms with Gasteiger partial charge in [-0.15, -0.1) is 0 Å². The average molecular weight is 398 g/mol. The molecular formula is C20H30O8. The van der Waals surface area contributed by atoms with E-state index in [0.29, 0.717) is 5.75 Å². The van der Waals surface area contributed by atoms with E-state index in [9.17, 15) is 9.59 Å². The van der Waals surface area contributed by atoms with Crippen molar-refractivity contribution in [2.75, 3.05) is 20.8 Å². The molecule has 8 heteroatoms. The number of methoxy groups -OCH3 is 2. The lowest BCUT2D eigenvalue weighted by Crippen LogP contribution is -2.13. The van der Waals surface area contributed by atoms with Crippen LogP contribution in [-0.4, -0.2) is 33.0 Å². The highest BCUT2D eigenvalue weighted by Gasteiger charge is 2.18. The minimum atomic E-state index is -1.08. The predicted molar refractivity (Wildman–Crippen MR) is 101 cm³/mol. The van der Waals surface area contributed by atoms with E-state index in [1.165, 1.54) is 58.5 Å². The lowest BCUT2D eigenvalue weighted by molar-refractivity contribution is -0.452. The lowest BCUT2D eigenvalue weighted by Gasteiger charge is -2.08. The van der Waals surface area contributed by atoms with Gasteiger partial charge in [0.15, 0.2) is 0 Å². The zero-order valence-corrected chi connectivity index (χ0v) is 16.9. The van der Waals surface area contributed by atoms with E-state index in [0.717, 1.165) is 19.3 Å². The summed E-state index contributed by atoms with van der Waals surface area (Å²) in [5.74, 6) is -0.225. The molecule has 0 amide bonds. The number of unbranched alkanes of at least 4 members (excludes halogenated alkanes) is 7. The summed E-state index contributed by atoms with van der Waals surface area (Å²) in [4.78, 5) is 32.1. The normalized spacial score (nSPS) is 10.2. The topological polar surface area (TPSA) is 89.5 Å². The zero-order valence-electron chi connectivity index (χ0n) is 16.9. The van der Waals surface area contributed by atoms with E-state index < -0.39 is 12.1 Å². The largest absolute Gasteiger partial charge is 0.543 e. The number of carbonyl (C=O) groups is 2. The highest BCUT2D eigenvalue weighted by atomic mass is 17.5. The van der Waals surface area contributed by atoms with Crippen LogP contribution >= 0.6 is 0 Å². The molecule has 0 spiro atoms. The van der Waals surface area contributed by atoms with Crippen LogP contribution in [0.15, 0.2) is 18.2 Å². The number of benzene rings is 1. The maximum atomic E-state index is 12.0. The second kappa shape index (κ2) is 14.6. The van der Waals surface area contributed by atoms with E-state index in [1.807, 2.05) is 0 Å². The van der Waals surface area contributed by atoms with E-state index in [4.69, 9.17) is 14.2 Å². The Labute approximate surface area is 165 Å². The van der Waals surface area contributed by atoms with E-state index in [-0.39, 0.29) is 17.9 Å². The minimum absolute atomic E-state index is 0.0535. The third-order valence-corrected chi connectivity index (χ3v) is 4.06. The fourth-order valence-corrected chi connectivity index (χ4v) is 2.51. The molecule has 0 aliphatic rings. The molecular weight excluding hydrogens is 368 g/mol. The summed E-state index contributed by atoms with van der Waals surface area (Å²) in [6.45, 7) is 2.41. The Morgan fingerprint density at radius 1 is 0.857 bits per heavy atom. The summed E-state index contributed by atoms with van der Waals surface area (Å²) in [5.41, 5.74) is 0.0535. The summed E-state index contributed by atoms with van der Waals surface area (Å²) in [7, 11) is 2.86. The summed E-state index contributed by atoms with van der Waals surface area (Å²) < 4.78 is 14.9. The van der Waals surface area contributed by atoms with Crippen LogP contribution in [0.4, 0.5) is 4.79 Å². The van der Waals surface area contributed by atoms with Gasteiger partial charge in [0.25, 0.3) is 0 Å². The minimum Gasteiger partial charge on any atom is -0.497 e. The van der Waals surface area contributed by atoms with Crippen molar-refractivity contribution in [3.63, 3.8) is 0 Å². The Bertz CT molecular complexity index is 588. The molecule has 0 aromatic heterocycles. The fraction of sp³-hybridized carbons (Fsp3) is 0.600. The summed E-state index contributed by atoms with van der Waals surface area (Å²) in [6.07, 6.45) is 7.98. The van der Waals surface area contributed by atoms with Crippen LogP contribution in [0.2, 0.25) is 0 Å². The first-order valence-electron chi connectivity index (χ1n) is 9.56. The van der Waals surface area contributed by atoms with Crippen molar-refractivity contribution in [3.8, 4) is 11.5 Å². The SMILES string of the molecule is CCCCCCCCCCOC(=O)OOOC(=O)c1cc(OC)ccc1OC. The smallest absolute Gasteiger partial charge is 0.497 e. The van der Waals surface area contributed by atoms with Gasteiger partial charge in [-0.2, -0.15) is 0 Å². The fourth-order valence-electron chi connectivity index (χ4n) is 2.51. The van der Waals surface area contributed by atoms with Crippen molar-refractivity contribution >= 4 is 12.1 Å². The van der Waals surface area contributed by atoms with Crippen LogP contribution < -0.4 is 9.47 Å².